The molecule has 0 saturated heterocycles. The number of hydrogen-bond donors (Lipinski definition) is 2. The molecule has 0 bridgehead atoms. The average molecular weight is 298 g/mol. The first-order valence-electron chi connectivity index (χ1n) is 6.73. The Hall–Kier alpha value is -2.09. The molecule has 2 rings (SSSR count). The van der Waals surface area contributed by atoms with Crippen molar-refractivity contribution in [3.8, 4) is 11.8 Å². The quantitative estimate of drug-likeness (QED) is 0.856. The molecule has 1 amide bonds. The number of nitrogens with one attached hydrogen (secondary N) is 1. The van der Waals surface area contributed by atoms with Crippen LogP contribution < -0.4 is 11.1 Å². The lowest BCUT2D eigenvalue weighted by atomic mass is 10.1. The molecule has 0 aliphatic carbocycles. The van der Waals surface area contributed by atoms with E-state index in [1.54, 1.807) is 11.3 Å². The van der Waals surface area contributed by atoms with Gasteiger partial charge in [0.1, 0.15) is 0 Å². The number of hydrogen-bond acceptors (Lipinski definition) is 3. The molecule has 0 atom stereocenters. The van der Waals surface area contributed by atoms with Crippen LogP contribution in [0.25, 0.3) is 0 Å². The highest BCUT2D eigenvalue weighted by Gasteiger charge is 2.07. The first kappa shape index (κ1) is 15.3. The fourth-order valence-electron chi connectivity index (χ4n) is 1.83. The molecule has 4 heteroatoms. The van der Waals surface area contributed by atoms with Gasteiger partial charge >= 0.3 is 0 Å². The third kappa shape index (κ3) is 4.19. The summed E-state index contributed by atoms with van der Waals surface area (Å²) >= 11 is 1.57. The second-order valence-corrected chi connectivity index (χ2v) is 5.92. The van der Waals surface area contributed by atoms with Crippen LogP contribution in [-0.2, 0) is 6.54 Å². The monoisotopic (exact) mass is 298 g/mol. The third-order valence-corrected chi connectivity index (χ3v) is 4.17. The lowest BCUT2D eigenvalue weighted by molar-refractivity contribution is 0.0951. The maximum Gasteiger partial charge on any atom is 0.251 e. The molecular formula is C17H18N2OS. The molecule has 0 aliphatic rings. The minimum atomic E-state index is -0.0545. The molecule has 3 nitrogen and oxygen atoms in total. The van der Waals surface area contributed by atoms with Crippen molar-refractivity contribution in [2.24, 2.45) is 5.73 Å². The van der Waals surface area contributed by atoms with Gasteiger partial charge in [0.25, 0.3) is 5.91 Å². The molecule has 0 saturated carbocycles. The third-order valence-electron chi connectivity index (χ3n) is 3.17. The summed E-state index contributed by atoms with van der Waals surface area (Å²) in [5.74, 6) is 5.75. The molecule has 2 aromatic rings. The highest BCUT2D eigenvalue weighted by Crippen LogP contribution is 2.15. The molecule has 0 aliphatic heterocycles. The smallest absolute Gasteiger partial charge is 0.251 e. The van der Waals surface area contributed by atoms with E-state index in [1.807, 2.05) is 44.2 Å². The minimum Gasteiger partial charge on any atom is -0.347 e. The number of thiophene rings is 1. The van der Waals surface area contributed by atoms with Crippen LogP contribution >= 0.6 is 11.3 Å². The summed E-state index contributed by atoms with van der Waals surface area (Å²) in [5, 5.41) is 2.93. The van der Waals surface area contributed by atoms with Crippen molar-refractivity contribution in [3.63, 3.8) is 0 Å². The zero-order valence-corrected chi connectivity index (χ0v) is 13.0. The molecule has 1 aromatic carbocycles. The largest absolute Gasteiger partial charge is 0.347 e. The van der Waals surface area contributed by atoms with E-state index in [0.717, 1.165) is 15.3 Å². The standard InChI is InChI=1S/C17H18N2OS/c1-12-5-6-14(10-13(12)2)17(20)19-11-16-8-7-15(21-16)4-3-9-18/h5-8,10H,9,11,18H2,1-2H3,(H,19,20). The van der Waals surface area contributed by atoms with Crippen molar-refractivity contribution in [3.05, 3.63) is 56.8 Å². The van der Waals surface area contributed by atoms with Crippen LogP contribution in [0.3, 0.4) is 0 Å². The van der Waals surface area contributed by atoms with Crippen LogP contribution in [0.2, 0.25) is 0 Å². The second kappa shape index (κ2) is 7.07. The number of rotatable bonds is 3. The first-order valence-corrected chi connectivity index (χ1v) is 7.55. The Morgan fingerprint density at radius 2 is 2.05 bits per heavy atom. The van der Waals surface area contributed by atoms with Gasteiger partial charge in [0, 0.05) is 10.4 Å². The minimum absolute atomic E-state index is 0.0545. The van der Waals surface area contributed by atoms with Crippen molar-refractivity contribution < 1.29 is 4.79 Å². The van der Waals surface area contributed by atoms with Crippen molar-refractivity contribution in [1.29, 1.82) is 0 Å². The molecule has 0 fully saturated rings. The van der Waals surface area contributed by atoms with Crippen molar-refractivity contribution in [2.45, 2.75) is 20.4 Å². The molecule has 0 radical (unpaired) electrons. The van der Waals surface area contributed by atoms with Crippen LogP contribution in [0.5, 0.6) is 0 Å². The first-order chi connectivity index (χ1) is 10.1. The summed E-state index contributed by atoms with van der Waals surface area (Å²) in [6.45, 7) is 4.91. The predicted molar refractivity (Wildman–Crippen MR) is 87.3 cm³/mol. The van der Waals surface area contributed by atoms with E-state index in [0.29, 0.717) is 18.7 Å². The average Bonchev–Trinajstić information content (AvgIpc) is 2.93. The topological polar surface area (TPSA) is 55.1 Å². The van der Waals surface area contributed by atoms with E-state index in [1.165, 1.54) is 5.56 Å². The van der Waals surface area contributed by atoms with E-state index in [4.69, 9.17) is 5.73 Å². The highest BCUT2D eigenvalue weighted by atomic mass is 32.1. The van der Waals surface area contributed by atoms with E-state index in [-0.39, 0.29) is 5.91 Å². The number of benzene rings is 1. The summed E-state index contributed by atoms with van der Waals surface area (Å²) in [6.07, 6.45) is 0. The number of nitrogens with two attached hydrogens (primary N) is 1. The zero-order chi connectivity index (χ0) is 15.2. The molecule has 0 unspecified atom stereocenters. The van der Waals surface area contributed by atoms with E-state index in [9.17, 15) is 4.79 Å². The SMILES string of the molecule is Cc1ccc(C(=O)NCc2ccc(C#CCN)s2)cc1C. The van der Waals surface area contributed by atoms with Gasteiger partial charge < -0.3 is 11.1 Å². The summed E-state index contributed by atoms with van der Waals surface area (Å²) in [5.41, 5.74) is 8.35. The Morgan fingerprint density at radius 3 is 2.76 bits per heavy atom. The lowest BCUT2D eigenvalue weighted by Gasteiger charge is -2.06. The number of carbonyl (C=O) groups is 1. The summed E-state index contributed by atoms with van der Waals surface area (Å²) in [7, 11) is 0. The maximum atomic E-state index is 12.1. The number of aryl methyl sites for hydroxylation is 2. The number of amides is 1. The van der Waals surface area contributed by atoms with Gasteiger partial charge in [0.05, 0.1) is 18.0 Å². The van der Waals surface area contributed by atoms with E-state index >= 15 is 0 Å². The Kier molecular flexibility index (Phi) is 5.15. The van der Waals surface area contributed by atoms with Crippen molar-refractivity contribution in [2.75, 3.05) is 6.54 Å². The number of carbonyl (C=O) groups excluding carboxylic acids is 1. The van der Waals surface area contributed by atoms with Crippen molar-refractivity contribution in [1.82, 2.24) is 5.32 Å². The summed E-state index contributed by atoms with van der Waals surface area (Å²) < 4.78 is 0. The van der Waals surface area contributed by atoms with Crippen LogP contribution in [0, 0.1) is 25.7 Å². The van der Waals surface area contributed by atoms with Crippen LogP contribution in [-0.4, -0.2) is 12.5 Å². The molecular weight excluding hydrogens is 280 g/mol. The molecule has 1 heterocycles. The fraction of sp³-hybridized carbons (Fsp3) is 0.235. The Bertz CT molecular complexity index is 707. The van der Waals surface area contributed by atoms with Gasteiger partial charge in [-0.3, -0.25) is 4.79 Å². The second-order valence-electron chi connectivity index (χ2n) is 4.75. The Labute approximate surface area is 129 Å². The van der Waals surface area contributed by atoms with Gasteiger partial charge in [0.2, 0.25) is 0 Å². The van der Waals surface area contributed by atoms with Gasteiger partial charge in [-0.1, -0.05) is 17.9 Å². The summed E-state index contributed by atoms with van der Waals surface area (Å²) in [6, 6.07) is 9.66. The fourth-order valence-corrected chi connectivity index (χ4v) is 2.65. The molecule has 0 spiro atoms. The lowest BCUT2D eigenvalue weighted by Crippen LogP contribution is -2.22. The van der Waals surface area contributed by atoms with Gasteiger partial charge in [-0.2, -0.15) is 0 Å². The van der Waals surface area contributed by atoms with E-state index < -0.39 is 0 Å². The Balaban J connectivity index is 1.97. The zero-order valence-electron chi connectivity index (χ0n) is 12.2. The predicted octanol–water partition coefficient (Wildman–Crippen LogP) is 2.61. The highest BCUT2D eigenvalue weighted by molar-refractivity contribution is 7.12. The normalized spacial score (nSPS) is 9.86. The van der Waals surface area contributed by atoms with Gasteiger partial charge in [-0.15, -0.1) is 11.3 Å². The van der Waals surface area contributed by atoms with Gasteiger partial charge in [0.15, 0.2) is 0 Å². The maximum absolute atomic E-state index is 12.1. The van der Waals surface area contributed by atoms with Crippen LogP contribution in [0.1, 0.15) is 31.2 Å². The van der Waals surface area contributed by atoms with Crippen LogP contribution in [0.15, 0.2) is 30.3 Å². The molecule has 3 N–H and O–H groups in total. The van der Waals surface area contributed by atoms with Gasteiger partial charge in [-0.25, -0.2) is 0 Å². The van der Waals surface area contributed by atoms with Gasteiger partial charge in [-0.05, 0) is 49.2 Å². The van der Waals surface area contributed by atoms with Crippen LogP contribution in [0.4, 0.5) is 0 Å². The summed E-state index contributed by atoms with van der Waals surface area (Å²) in [4.78, 5) is 14.2. The molecule has 21 heavy (non-hydrogen) atoms. The molecule has 1 aromatic heterocycles. The van der Waals surface area contributed by atoms with E-state index in [2.05, 4.69) is 17.2 Å². The van der Waals surface area contributed by atoms with Crippen molar-refractivity contribution >= 4 is 17.2 Å². The Morgan fingerprint density at radius 1 is 1.24 bits per heavy atom. The molecule has 108 valence electrons.